The highest BCUT2D eigenvalue weighted by Crippen LogP contribution is 2.54. The predicted molar refractivity (Wildman–Crippen MR) is 121 cm³/mol. The molecule has 2 fully saturated rings. The van der Waals surface area contributed by atoms with Crippen molar-refractivity contribution in [1.82, 2.24) is 26.3 Å². The molecular formula is C24H21F5N6O3. The second-order valence-corrected chi connectivity index (χ2v) is 10.2. The number of carbonyl (C=O) groups is 3. The van der Waals surface area contributed by atoms with E-state index in [0.717, 1.165) is 6.42 Å². The summed E-state index contributed by atoms with van der Waals surface area (Å²) in [4.78, 5) is 39.7. The van der Waals surface area contributed by atoms with Gasteiger partial charge in [-0.3, -0.25) is 14.4 Å². The van der Waals surface area contributed by atoms with Gasteiger partial charge in [0.25, 0.3) is 23.5 Å². The van der Waals surface area contributed by atoms with Gasteiger partial charge in [-0.15, -0.1) is 0 Å². The summed E-state index contributed by atoms with van der Waals surface area (Å²) in [5.74, 6) is -10.4. The van der Waals surface area contributed by atoms with Crippen molar-refractivity contribution in [3.63, 3.8) is 0 Å². The first-order valence-corrected chi connectivity index (χ1v) is 11.8. The van der Waals surface area contributed by atoms with Crippen LogP contribution in [0.1, 0.15) is 57.4 Å². The molecule has 2 amide bonds. The van der Waals surface area contributed by atoms with E-state index in [9.17, 15) is 36.3 Å². The Bertz CT molecular complexity index is 1440. The molecule has 4 aliphatic rings. The highest BCUT2D eigenvalue weighted by atomic mass is 19.3. The number of nitrogens with zero attached hydrogens (tertiary/aromatic N) is 1. The van der Waals surface area contributed by atoms with Gasteiger partial charge in [-0.2, -0.15) is 5.53 Å². The number of benzene rings is 1. The van der Waals surface area contributed by atoms with Gasteiger partial charge in [0, 0.05) is 48.6 Å². The highest BCUT2D eigenvalue weighted by Gasteiger charge is 2.60. The summed E-state index contributed by atoms with van der Waals surface area (Å²) < 4.78 is 70.0. The molecule has 0 saturated heterocycles. The smallest absolute Gasteiger partial charge is 0.293 e. The van der Waals surface area contributed by atoms with Crippen LogP contribution in [-0.2, 0) is 11.2 Å². The van der Waals surface area contributed by atoms with E-state index < -0.39 is 59.4 Å². The summed E-state index contributed by atoms with van der Waals surface area (Å²) in [6, 6.07) is 1.17. The first-order valence-electron chi connectivity index (χ1n) is 11.8. The topological polar surface area (TPSA) is 116 Å². The van der Waals surface area contributed by atoms with Crippen LogP contribution >= 0.6 is 0 Å². The van der Waals surface area contributed by atoms with Crippen LogP contribution in [-0.4, -0.2) is 33.6 Å². The van der Waals surface area contributed by atoms with Gasteiger partial charge in [0.15, 0.2) is 17.5 Å². The Morgan fingerprint density at radius 3 is 2.39 bits per heavy atom. The summed E-state index contributed by atoms with van der Waals surface area (Å²) in [7, 11) is 0. The lowest BCUT2D eigenvalue weighted by molar-refractivity contribution is -0.138. The number of hydrazine groups is 2. The quantitative estimate of drug-likeness (QED) is 0.168. The standard InChI is InChI=1S/C24H21F5N6O3/c1-9-17(20(36)22(38)32-23(7-24(28,29)8-23)16-6-30-34-33-16)15-3-10-2-14(10)35(15)19(9)21(37)31-11-4-12(25)18(27)13(26)5-11/h4-6,10,14,30,33-34H,2-3,7-8H2,1H3,(H,31,37)(H,32,38)/t10-,14-/m1/s1. The lowest BCUT2D eigenvalue weighted by Crippen LogP contribution is -2.66. The van der Waals surface area contributed by atoms with Gasteiger partial charge in [-0.25, -0.2) is 22.0 Å². The van der Waals surface area contributed by atoms with E-state index in [1.807, 2.05) is 0 Å². The normalized spacial score (nSPS) is 23.3. The first-order chi connectivity index (χ1) is 17.9. The van der Waals surface area contributed by atoms with E-state index in [1.54, 1.807) is 4.57 Å². The van der Waals surface area contributed by atoms with E-state index in [2.05, 4.69) is 27.0 Å². The molecule has 6 rings (SSSR count). The SMILES string of the molecule is Cc1c(C(=O)C(=O)NC2(C3=CNNN3)CC(F)(F)C2)c2n(c1C(=O)Nc1cc(F)c(F)c(F)c1)[C@@H]1C[C@@H]1C2. The number of nitrogens with one attached hydrogen (secondary N) is 5. The van der Waals surface area contributed by atoms with Crippen molar-refractivity contribution < 1.29 is 36.3 Å². The minimum atomic E-state index is -3.03. The fraction of sp³-hybridized carbons (Fsp3) is 0.375. The zero-order valence-corrected chi connectivity index (χ0v) is 19.8. The Hall–Kier alpha value is -3.94. The number of anilines is 1. The molecule has 1 aromatic carbocycles. The first kappa shape index (κ1) is 24.4. The zero-order valence-electron chi connectivity index (χ0n) is 19.8. The van der Waals surface area contributed by atoms with Crippen molar-refractivity contribution >= 4 is 23.3 Å². The Morgan fingerprint density at radius 2 is 1.79 bits per heavy atom. The maximum atomic E-state index is 13.8. The van der Waals surface area contributed by atoms with Crippen molar-refractivity contribution in [2.45, 2.75) is 50.1 Å². The second kappa shape index (κ2) is 8.03. The van der Waals surface area contributed by atoms with Gasteiger partial charge in [0.1, 0.15) is 5.69 Å². The molecule has 2 saturated carbocycles. The molecule has 2 aliphatic heterocycles. The van der Waals surface area contributed by atoms with Gasteiger partial charge in [0.2, 0.25) is 0 Å². The Morgan fingerprint density at radius 1 is 1.11 bits per heavy atom. The number of ketones is 1. The van der Waals surface area contributed by atoms with Crippen LogP contribution in [0.5, 0.6) is 0 Å². The molecule has 5 N–H and O–H groups in total. The second-order valence-electron chi connectivity index (χ2n) is 10.2. The number of hydrogen-bond donors (Lipinski definition) is 5. The van der Waals surface area contributed by atoms with E-state index in [4.69, 9.17) is 0 Å². The zero-order chi connectivity index (χ0) is 27.1. The van der Waals surface area contributed by atoms with Crippen LogP contribution in [0.4, 0.5) is 27.6 Å². The van der Waals surface area contributed by atoms with Crippen molar-refractivity contribution in [1.29, 1.82) is 0 Å². The number of amides is 2. The third-order valence-corrected chi connectivity index (χ3v) is 7.59. The molecule has 200 valence electrons. The molecule has 3 heterocycles. The molecule has 14 heteroatoms. The Labute approximate surface area is 211 Å². The minimum Gasteiger partial charge on any atom is -0.338 e. The minimum absolute atomic E-state index is 0.0119. The third kappa shape index (κ3) is 3.65. The monoisotopic (exact) mass is 536 g/mol. The van der Waals surface area contributed by atoms with Crippen molar-refractivity contribution in [2.24, 2.45) is 5.92 Å². The molecule has 38 heavy (non-hydrogen) atoms. The van der Waals surface area contributed by atoms with Crippen LogP contribution in [0.2, 0.25) is 0 Å². The van der Waals surface area contributed by atoms with Crippen LogP contribution in [0.3, 0.4) is 0 Å². The fourth-order valence-electron chi connectivity index (χ4n) is 5.82. The molecule has 2 atom stereocenters. The van der Waals surface area contributed by atoms with E-state index in [1.165, 1.54) is 13.1 Å². The van der Waals surface area contributed by atoms with Gasteiger partial charge in [-0.05, 0) is 31.2 Å². The van der Waals surface area contributed by atoms with Crippen LogP contribution in [0.15, 0.2) is 24.0 Å². The number of halogens is 5. The number of aromatic nitrogens is 1. The summed E-state index contributed by atoms with van der Waals surface area (Å²) >= 11 is 0. The molecule has 0 radical (unpaired) electrons. The van der Waals surface area contributed by atoms with Crippen molar-refractivity contribution in [3.05, 3.63) is 64.0 Å². The van der Waals surface area contributed by atoms with Gasteiger partial charge in [-0.1, -0.05) is 0 Å². The summed E-state index contributed by atoms with van der Waals surface area (Å²) in [5.41, 5.74) is 6.81. The van der Waals surface area contributed by atoms with Crippen LogP contribution in [0, 0.1) is 30.3 Å². The van der Waals surface area contributed by atoms with E-state index in [-0.39, 0.29) is 40.2 Å². The number of hydrogen-bond acceptors (Lipinski definition) is 6. The average Bonchev–Trinajstić information content (AvgIpc) is 3.15. The molecule has 9 nitrogen and oxygen atoms in total. The average molecular weight is 536 g/mol. The van der Waals surface area contributed by atoms with Crippen molar-refractivity contribution in [3.8, 4) is 0 Å². The maximum absolute atomic E-state index is 13.8. The highest BCUT2D eigenvalue weighted by molar-refractivity contribution is 6.44. The molecule has 1 aromatic heterocycles. The fourth-order valence-corrected chi connectivity index (χ4v) is 5.82. The number of alkyl halides is 2. The molecule has 2 aromatic rings. The Kier molecular flexibility index (Phi) is 5.15. The predicted octanol–water partition coefficient (Wildman–Crippen LogP) is 2.50. The van der Waals surface area contributed by atoms with Crippen LogP contribution in [0.25, 0.3) is 0 Å². The largest absolute Gasteiger partial charge is 0.338 e. The van der Waals surface area contributed by atoms with Crippen molar-refractivity contribution in [2.75, 3.05) is 5.32 Å². The molecule has 0 spiro atoms. The number of fused-ring (bicyclic) bond motifs is 3. The van der Waals surface area contributed by atoms with Gasteiger partial charge >= 0.3 is 0 Å². The summed E-state index contributed by atoms with van der Waals surface area (Å²) in [6.07, 6.45) is 1.13. The molecule has 0 unspecified atom stereocenters. The van der Waals surface area contributed by atoms with Crippen LogP contribution < -0.4 is 27.0 Å². The lowest BCUT2D eigenvalue weighted by Gasteiger charge is -2.47. The summed E-state index contributed by atoms with van der Waals surface area (Å²) in [6.45, 7) is 1.46. The number of rotatable bonds is 6. The van der Waals surface area contributed by atoms with Gasteiger partial charge in [0.05, 0.1) is 16.8 Å². The molecular weight excluding hydrogens is 515 g/mol. The lowest BCUT2D eigenvalue weighted by atomic mass is 9.71. The Balaban J connectivity index is 1.31. The maximum Gasteiger partial charge on any atom is 0.293 e. The van der Waals surface area contributed by atoms with Gasteiger partial charge < -0.3 is 26.1 Å². The van der Waals surface area contributed by atoms with E-state index in [0.29, 0.717) is 24.2 Å². The molecule has 2 aliphatic carbocycles. The number of carbonyl (C=O) groups excluding carboxylic acids is 3. The summed E-state index contributed by atoms with van der Waals surface area (Å²) in [5, 5.41) is 4.78. The number of Topliss-reactive ketones (excluding diaryl/α,β-unsaturated/α-hetero) is 1. The van der Waals surface area contributed by atoms with E-state index >= 15 is 0 Å². The third-order valence-electron chi connectivity index (χ3n) is 7.59. The molecule has 0 bridgehead atoms.